The fraction of sp³-hybridized carbons (Fsp3) is 0.353. The Hall–Kier alpha value is -2.43. The molecule has 0 bridgehead atoms. The van der Waals surface area contributed by atoms with Crippen LogP contribution in [0.3, 0.4) is 0 Å². The van der Waals surface area contributed by atoms with E-state index in [4.69, 9.17) is 0 Å². The van der Waals surface area contributed by atoms with E-state index in [1.54, 1.807) is 19.4 Å². The molecule has 1 saturated heterocycles. The highest BCUT2D eigenvalue weighted by atomic mass is 16.2. The number of carbonyl (C=O) groups is 2. The van der Waals surface area contributed by atoms with Crippen molar-refractivity contribution >= 4 is 22.6 Å². The van der Waals surface area contributed by atoms with Crippen LogP contribution < -0.4 is 5.32 Å². The average Bonchev–Trinajstić information content (AvgIpc) is 2.60. The van der Waals surface area contributed by atoms with Gasteiger partial charge in [-0.25, -0.2) is 0 Å². The molecule has 0 radical (unpaired) electrons. The lowest BCUT2D eigenvalue weighted by molar-refractivity contribution is -0.125. The lowest BCUT2D eigenvalue weighted by Gasteiger charge is -2.31. The Morgan fingerprint density at radius 2 is 2.00 bits per heavy atom. The maximum atomic E-state index is 12.8. The zero-order valence-corrected chi connectivity index (χ0v) is 12.6. The molecule has 2 heterocycles. The Labute approximate surface area is 129 Å². The highest BCUT2D eigenvalue weighted by molar-refractivity contribution is 6.06. The normalized spacial score (nSPS) is 15.8. The van der Waals surface area contributed by atoms with Crippen molar-refractivity contribution in [3.8, 4) is 0 Å². The van der Waals surface area contributed by atoms with Crippen LogP contribution in [0.15, 0.2) is 36.7 Å². The van der Waals surface area contributed by atoms with E-state index < -0.39 is 0 Å². The van der Waals surface area contributed by atoms with Crippen molar-refractivity contribution in [2.75, 3.05) is 20.1 Å². The smallest absolute Gasteiger partial charge is 0.254 e. The first-order chi connectivity index (χ1) is 10.7. The summed E-state index contributed by atoms with van der Waals surface area (Å²) < 4.78 is 0. The van der Waals surface area contributed by atoms with Gasteiger partial charge in [-0.1, -0.05) is 12.1 Å². The molecule has 1 aromatic carbocycles. The number of fused-ring (bicyclic) bond motifs is 1. The second-order valence-electron chi connectivity index (χ2n) is 5.58. The molecule has 114 valence electrons. The Kier molecular flexibility index (Phi) is 4.04. The topological polar surface area (TPSA) is 62.3 Å². The third-order valence-corrected chi connectivity index (χ3v) is 4.31. The molecule has 0 spiro atoms. The van der Waals surface area contributed by atoms with Crippen molar-refractivity contribution in [3.05, 3.63) is 42.2 Å². The molecular formula is C17H19N3O2. The summed E-state index contributed by atoms with van der Waals surface area (Å²) in [5.41, 5.74) is 0.707. The Morgan fingerprint density at radius 3 is 2.73 bits per heavy atom. The zero-order valence-electron chi connectivity index (χ0n) is 12.6. The highest BCUT2D eigenvalue weighted by Gasteiger charge is 2.27. The minimum Gasteiger partial charge on any atom is -0.359 e. The van der Waals surface area contributed by atoms with Crippen LogP contribution >= 0.6 is 0 Å². The van der Waals surface area contributed by atoms with Gasteiger partial charge in [-0.15, -0.1) is 0 Å². The molecule has 0 aliphatic carbocycles. The zero-order chi connectivity index (χ0) is 15.5. The molecule has 1 aromatic heterocycles. The summed E-state index contributed by atoms with van der Waals surface area (Å²) in [4.78, 5) is 30.4. The van der Waals surface area contributed by atoms with Crippen LogP contribution in [-0.2, 0) is 4.79 Å². The van der Waals surface area contributed by atoms with E-state index >= 15 is 0 Å². The highest BCUT2D eigenvalue weighted by Crippen LogP contribution is 2.23. The Bertz CT molecular complexity index is 701. The van der Waals surface area contributed by atoms with Crippen LogP contribution in [-0.4, -0.2) is 41.8 Å². The number of rotatable bonds is 2. The van der Waals surface area contributed by atoms with Crippen LogP contribution in [0.2, 0.25) is 0 Å². The van der Waals surface area contributed by atoms with Crippen LogP contribution in [0.1, 0.15) is 23.2 Å². The number of pyridine rings is 1. The first-order valence-corrected chi connectivity index (χ1v) is 7.54. The van der Waals surface area contributed by atoms with E-state index in [0.29, 0.717) is 18.7 Å². The molecule has 0 unspecified atom stereocenters. The van der Waals surface area contributed by atoms with E-state index in [0.717, 1.165) is 23.6 Å². The van der Waals surface area contributed by atoms with Crippen molar-refractivity contribution in [1.82, 2.24) is 15.2 Å². The van der Waals surface area contributed by atoms with E-state index in [-0.39, 0.29) is 17.7 Å². The Balaban J connectivity index is 1.78. The molecule has 0 saturated carbocycles. The van der Waals surface area contributed by atoms with E-state index in [9.17, 15) is 9.59 Å². The van der Waals surface area contributed by atoms with Gasteiger partial charge in [0.05, 0.1) is 0 Å². The molecule has 1 fully saturated rings. The Morgan fingerprint density at radius 1 is 1.23 bits per heavy atom. The minimum atomic E-state index is 0.0192. The van der Waals surface area contributed by atoms with Gasteiger partial charge >= 0.3 is 0 Å². The van der Waals surface area contributed by atoms with Crippen LogP contribution in [0.25, 0.3) is 10.8 Å². The lowest BCUT2D eigenvalue weighted by atomic mass is 9.95. The number of amides is 2. The summed E-state index contributed by atoms with van der Waals surface area (Å²) in [6.07, 6.45) is 4.91. The SMILES string of the molecule is CNC(=O)C1CCN(C(=O)c2cccc3cnccc23)CC1. The number of hydrogen-bond acceptors (Lipinski definition) is 3. The number of aromatic nitrogens is 1. The molecule has 22 heavy (non-hydrogen) atoms. The summed E-state index contributed by atoms with van der Waals surface area (Å²) in [6, 6.07) is 7.57. The number of benzene rings is 1. The third-order valence-electron chi connectivity index (χ3n) is 4.31. The first kappa shape index (κ1) is 14.5. The number of piperidine rings is 1. The predicted octanol–water partition coefficient (Wildman–Crippen LogP) is 1.83. The molecule has 0 atom stereocenters. The van der Waals surface area contributed by atoms with Crippen molar-refractivity contribution in [2.45, 2.75) is 12.8 Å². The van der Waals surface area contributed by atoms with Gasteiger partial charge in [0.25, 0.3) is 5.91 Å². The van der Waals surface area contributed by atoms with Crippen LogP contribution in [0.4, 0.5) is 0 Å². The molecule has 1 aliphatic heterocycles. The van der Waals surface area contributed by atoms with Gasteiger partial charge in [-0.3, -0.25) is 14.6 Å². The second-order valence-corrected chi connectivity index (χ2v) is 5.58. The molecule has 3 rings (SSSR count). The van der Waals surface area contributed by atoms with E-state index in [2.05, 4.69) is 10.3 Å². The lowest BCUT2D eigenvalue weighted by Crippen LogP contribution is -2.42. The summed E-state index contributed by atoms with van der Waals surface area (Å²) >= 11 is 0. The van der Waals surface area contributed by atoms with Crippen molar-refractivity contribution < 1.29 is 9.59 Å². The average molecular weight is 297 g/mol. The number of carbonyl (C=O) groups excluding carboxylic acids is 2. The molecule has 1 N–H and O–H groups in total. The molecule has 1 aliphatic rings. The monoisotopic (exact) mass is 297 g/mol. The van der Waals surface area contributed by atoms with Gasteiger partial charge < -0.3 is 10.2 Å². The van der Waals surface area contributed by atoms with Crippen molar-refractivity contribution in [3.63, 3.8) is 0 Å². The van der Waals surface area contributed by atoms with Crippen molar-refractivity contribution in [2.24, 2.45) is 5.92 Å². The number of likely N-dealkylation sites (tertiary alicyclic amines) is 1. The fourth-order valence-electron chi connectivity index (χ4n) is 3.03. The van der Waals surface area contributed by atoms with Gasteiger partial charge in [0.2, 0.25) is 5.91 Å². The molecule has 5 heteroatoms. The quantitative estimate of drug-likeness (QED) is 0.920. The van der Waals surface area contributed by atoms with Crippen LogP contribution in [0, 0.1) is 5.92 Å². The summed E-state index contributed by atoms with van der Waals surface area (Å²) in [6.45, 7) is 1.25. The van der Waals surface area contributed by atoms with Gasteiger partial charge in [-0.2, -0.15) is 0 Å². The standard InChI is InChI=1S/C17H19N3O2/c1-18-16(21)12-6-9-20(10-7-12)17(22)15-4-2-3-13-11-19-8-5-14(13)15/h2-5,8,11-12H,6-7,9-10H2,1H3,(H,18,21). The van der Waals surface area contributed by atoms with Crippen molar-refractivity contribution in [1.29, 1.82) is 0 Å². The summed E-state index contributed by atoms with van der Waals surface area (Å²) in [5.74, 6) is 0.126. The van der Waals surface area contributed by atoms with Gasteiger partial charge in [0.1, 0.15) is 0 Å². The van der Waals surface area contributed by atoms with Gasteiger partial charge in [-0.05, 0) is 30.4 Å². The number of nitrogens with one attached hydrogen (secondary N) is 1. The van der Waals surface area contributed by atoms with Gasteiger partial charge in [0.15, 0.2) is 0 Å². The first-order valence-electron chi connectivity index (χ1n) is 7.54. The predicted molar refractivity (Wildman–Crippen MR) is 84.4 cm³/mol. The van der Waals surface area contributed by atoms with Crippen LogP contribution in [0.5, 0.6) is 0 Å². The van der Waals surface area contributed by atoms with E-state index in [1.165, 1.54) is 0 Å². The summed E-state index contributed by atoms with van der Waals surface area (Å²) in [5, 5.41) is 4.58. The molecule has 5 nitrogen and oxygen atoms in total. The van der Waals surface area contributed by atoms with Gasteiger partial charge in [0, 0.05) is 49.4 Å². The number of hydrogen-bond donors (Lipinski definition) is 1. The maximum absolute atomic E-state index is 12.8. The molecule has 2 aromatic rings. The maximum Gasteiger partial charge on any atom is 0.254 e. The molecule has 2 amide bonds. The number of nitrogens with zero attached hydrogens (tertiary/aromatic N) is 2. The third kappa shape index (κ3) is 2.66. The molecular weight excluding hydrogens is 278 g/mol. The van der Waals surface area contributed by atoms with E-state index in [1.807, 2.05) is 29.2 Å². The summed E-state index contributed by atoms with van der Waals surface area (Å²) in [7, 11) is 1.66. The second kappa shape index (κ2) is 6.13. The largest absolute Gasteiger partial charge is 0.359 e. The fourth-order valence-corrected chi connectivity index (χ4v) is 3.03. The minimum absolute atomic E-state index is 0.0192.